The molecule has 0 radical (unpaired) electrons. The van der Waals surface area contributed by atoms with Crippen molar-refractivity contribution in [1.29, 1.82) is 0 Å². The maximum atomic E-state index is 13.3. The highest BCUT2D eigenvalue weighted by molar-refractivity contribution is 6.67. The third-order valence-corrected chi connectivity index (χ3v) is 6.25. The number of carbonyl (C=O) groups is 3. The highest BCUT2D eigenvalue weighted by Crippen LogP contribution is 2.38. The lowest BCUT2D eigenvalue weighted by Crippen LogP contribution is -2.53. The number of hydrogen-bond donors (Lipinski definition) is 1. The van der Waals surface area contributed by atoms with E-state index in [0.29, 0.717) is 18.1 Å². The molecular formula is C18H26Cl4N2O4. The van der Waals surface area contributed by atoms with Crippen LogP contribution in [0.1, 0.15) is 40.0 Å². The van der Waals surface area contributed by atoms with E-state index in [-0.39, 0.29) is 24.7 Å². The quantitative estimate of drug-likeness (QED) is 0.514. The number of nitrogens with one attached hydrogen (secondary N) is 1. The van der Waals surface area contributed by atoms with Gasteiger partial charge in [0, 0.05) is 24.3 Å². The molecule has 0 aromatic rings. The molecule has 0 bridgehead atoms. The molecule has 1 heterocycles. The van der Waals surface area contributed by atoms with Crippen LogP contribution in [-0.2, 0) is 19.1 Å². The molecule has 0 saturated heterocycles. The number of alkyl halides is 4. The fraction of sp³-hybridized carbons (Fsp3) is 0.722. The summed E-state index contributed by atoms with van der Waals surface area (Å²) in [6.45, 7) is 5.22. The molecular weight excluding hydrogens is 450 g/mol. The molecule has 0 aromatic heterocycles. The van der Waals surface area contributed by atoms with Crippen LogP contribution in [0.25, 0.3) is 0 Å². The normalized spacial score (nSPS) is 20.4. The Bertz CT molecular complexity index is 621. The highest BCUT2D eigenvalue weighted by atomic mass is 35.6. The van der Waals surface area contributed by atoms with Crippen LogP contribution in [0.15, 0.2) is 11.8 Å². The molecule has 0 fully saturated rings. The molecule has 3 amide bonds. The van der Waals surface area contributed by atoms with E-state index in [1.54, 1.807) is 13.8 Å². The Kier molecular flexibility index (Phi) is 9.87. The minimum Gasteiger partial charge on any atom is -0.499 e. The molecule has 28 heavy (non-hydrogen) atoms. The second kappa shape index (κ2) is 10.9. The maximum Gasteiger partial charge on any atom is 0.257 e. The molecule has 1 aliphatic heterocycles. The third kappa shape index (κ3) is 6.68. The zero-order valence-electron chi connectivity index (χ0n) is 16.3. The van der Waals surface area contributed by atoms with Gasteiger partial charge in [0.1, 0.15) is 11.8 Å². The number of amides is 3. The Labute approximate surface area is 185 Å². The maximum absolute atomic E-state index is 13.3. The van der Waals surface area contributed by atoms with Crippen molar-refractivity contribution in [3.63, 3.8) is 0 Å². The molecule has 160 valence electrons. The number of hydrogen-bond acceptors (Lipinski definition) is 4. The summed E-state index contributed by atoms with van der Waals surface area (Å²) in [4.78, 5) is 38.8. The van der Waals surface area contributed by atoms with Gasteiger partial charge in [0.25, 0.3) is 11.8 Å². The van der Waals surface area contributed by atoms with Crippen LogP contribution in [-0.4, -0.2) is 51.5 Å². The molecule has 0 aromatic carbocycles. The molecule has 0 aliphatic carbocycles. The topological polar surface area (TPSA) is 75.7 Å². The second-order valence-electron chi connectivity index (χ2n) is 6.96. The summed E-state index contributed by atoms with van der Waals surface area (Å²) < 4.78 is 3.67. The molecule has 0 spiro atoms. The van der Waals surface area contributed by atoms with Gasteiger partial charge in [-0.25, -0.2) is 0 Å². The Hall–Kier alpha value is -0.690. The third-order valence-electron chi connectivity index (χ3n) is 4.61. The van der Waals surface area contributed by atoms with Crippen LogP contribution >= 0.6 is 46.4 Å². The standard InChI is InChI=1S/C18H26Cl4N2O4/c1-5-15(25)23-12(7-11(3)18(20,21)22)17(27)24-13(6-10(2)9-19)14(28-4)8-16(24)26/h8,10-13H,5-7,9H2,1-4H3,(H,23,25)/t10-,11-,12-,13-/m0/s1. The first kappa shape index (κ1) is 25.3. The smallest absolute Gasteiger partial charge is 0.257 e. The van der Waals surface area contributed by atoms with E-state index in [2.05, 4.69) is 5.32 Å². The van der Waals surface area contributed by atoms with Crippen molar-refractivity contribution < 1.29 is 19.1 Å². The van der Waals surface area contributed by atoms with Crippen molar-refractivity contribution in [3.8, 4) is 0 Å². The van der Waals surface area contributed by atoms with Gasteiger partial charge < -0.3 is 10.1 Å². The lowest BCUT2D eigenvalue weighted by atomic mass is 9.99. The first-order chi connectivity index (χ1) is 13.0. The van der Waals surface area contributed by atoms with E-state index < -0.39 is 33.6 Å². The van der Waals surface area contributed by atoms with E-state index in [1.807, 2.05) is 6.92 Å². The predicted octanol–water partition coefficient (Wildman–Crippen LogP) is 3.81. The lowest BCUT2D eigenvalue weighted by molar-refractivity contribution is -0.146. The fourth-order valence-corrected chi connectivity index (χ4v) is 3.26. The van der Waals surface area contributed by atoms with Crippen molar-refractivity contribution in [2.75, 3.05) is 13.0 Å². The van der Waals surface area contributed by atoms with Crippen LogP contribution in [0, 0.1) is 11.8 Å². The number of methoxy groups -OCH3 is 1. The second-order valence-corrected chi connectivity index (χ2v) is 9.64. The number of nitrogens with zero attached hydrogens (tertiary/aromatic N) is 1. The van der Waals surface area contributed by atoms with Gasteiger partial charge in [-0.15, -0.1) is 11.6 Å². The SMILES string of the molecule is CCC(=O)N[C@@H](C[C@H](C)C(Cl)(Cl)Cl)C(=O)N1C(=O)C=C(OC)[C@@H]1C[C@H](C)CCl. The summed E-state index contributed by atoms with van der Waals surface area (Å²) in [7, 11) is 1.44. The summed E-state index contributed by atoms with van der Waals surface area (Å²) in [5.74, 6) is -1.18. The minimum atomic E-state index is -1.62. The van der Waals surface area contributed by atoms with Gasteiger partial charge in [0.15, 0.2) is 3.79 Å². The van der Waals surface area contributed by atoms with Gasteiger partial charge >= 0.3 is 0 Å². The largest absolute Gasteiger partial charge is 0.499 e. The van der Waals surface area contributed by atoms with Crippen molar-refractivity contribution in [1.82, 2.24) is 10.2 Å². The molecule has 4 atom stereocenters. The Morgan fingerprint density at radius 3 is 2.39 bits per heavy atom. The van der Waals surface area contributed by atoms with Crippen LogP contribution in [0.2, 0.25) is 0 Å². The molecule has 1 rings (SSSR count). The van der Waals surface area contributed by atoms with Crippen LogP contribution in [0.5, 0.6) is 0 Å². The number of halogens is 4. The van der Waals surface area contributed by atoms with Crippen LogP contribution < -0.4 is 5.32 Å². The van der Waals surface area contributed by atoms with E-state index in [4.69, 9.17) is 51.1 Å². The molecule has 6 nitrogen and oxygen atoms in total. The van der Waals surface area contributed by atoms with E-state index >= 15 is 0 Å². The van der Waals surface area contributed by atoms with Gasteiger partial charge in [-0.2, -0.15) is 0 Å². The predicted molar refractivity (Wildman–Crippen MR) is 112 cm³/mol. The number of carbonyl (C=O) groups excluding carboxylic acids is 3. The molecule has 0 saturated carbocycles. The summed E-state index contributed by atoms with van der Waals surface area (Å²) in [6.07, 6.45) is 1.95. The first-order valence-corrected chi connectivity index (χ1v) is 10.7. The van der Waals surface area contributed by atoms with Crippen LogP contribution in [0.4, 0.5) is 0 Å². The number of imide groups is 1. The summed E-state index contributed by atoms with van der Waals surface area (Å²) >= 11 is 23.7. The Morgan fingerprint density at radius 2 is 1.93 bits per heavy atom. The zero-order chi connectivity index (χ0) is 21.6. The summed E-state index contributed by atoms with van der Waals surface area (Å²) in [6, 6.07) is -1.61. The molecule has 1 aliphatic rings. The van der Waals surface area contributed by atoms with Gasteiger partial charge in [0.2, 0.25) is 5.91 Å². The fourth-order valence-electron chi connectivity index (χ4n) is 2.86. The zero-order valence-corrected chi connectivity index (χ0v) is 19.3. The molecule has 1 N–H and O–H groups in total. The van der Waals surface area contributed by atoms with Gasteiger partial charge in [-0.3, -0.25) is 19.3 Å². The molecule has 10 heteroatoms. The van der Waals surface area contributed by atoms with E-state index in [0.717, 1.165) is 4.90 Å². The van der Waals surface area contributed by atoms with E-state index in [1.165, 1.54) is 13.2 Å². The Balaban J connectivity index is 3.15. The van der Waals surface area contributed by atoms with Crippen LogP contribution in [0.3, 0.4) is 0 Å². The first-order valence-electron chi connectivity index (χ1n) is 9.00. The average Bonchev–Trinajstić information content (AvgIpc) is 2.94. The lowest BCUT2D eigenvalue weighted by Gasteiger charge is -2.32. The summed E-state index contributed by atoms with van der Waals surface area (Å²) in [5, 5.41) is 2.64. The van der Waals surface area contributed by atoms with Gasteiger partial charge in [-0.05, 0) is 18.8 Å². The van der Waals surface area contributed by atoms with Gasteiger partial charge in [-0.1, -0.05) is 55.6 Å². The number of rotatable bonds is 9. The van der Waals surface area contributed by atoms with Crippen molar-refractivity contribution in [2.24, 2.45) is 11.8 Å². The van der Waals surface area contributed by atoms with Crippen molar-refractivity contribution in [3.05, 3.63) is 11.8 Å². The Morgan fingerprint density at radius 1 is 1.32 bits per heavy atom. The average molecular weight is 476 g/mol. The monoisotopic (exact) mass is 474 g/mol. The van der Waals surface area contributed by atoms with E-state index in [9.17, 15) is 14.4 Å². The highest BCUT2D eigenvalue weighted by Gasteiger charge is 2.43. The summed E-state index contributed by atoms with van der Waals surface area (Å²) in [5.41, 5.74) is 0. The minimum absolute atomic E-state index is 0.0372. The van der Waals surface area contributed by atoms with Gasteiger partial charge in [0.05, 0.1) is 13.2 Å². The molecule has 0 unspecified atom stereocenters. The van der Waals surface area contributed by atoms with Crippen molar-refractivity contribution >= 4 is 64.1 Å². The number of ether oxygens (including phenoxy) is 1. The van der Waals surface area contributed by atoms with Crippen molar-refractivity contribution in [2.45, 2.75) is 55.9 Å².